The summed E-state index contributed by atoms with van der Waals surface area (Å²) in [4.78, 5) is 13.3. The number of sulfonamides is 1. The quantitative estimate of drug-likeness (QED) is 0.372. The van der Waals surface area contributed by atoms with Gasteiger partial charge in [-0.15, -0.1) is 0 Å². The molecular formula is C28H31N3O4S. The number of hydrogen-bond acceptors (Lipinski definition) is 4. The third-order valence-corrected chi connectivity index (χ3v) is 8.87. The average molecular weight is 506 g/mol. The lowest BCUT2D eigenvalue weighted by atomic mass is 9.97. The maximum atomic E-state index is 13.1. The monoisotopic (exact) mass is 505 g/mol. The van der Waals surface area contributed by atoms with Gasteiger partial charge in [0.1, 0.15) is 5.75 Å². The van der Waals surface area contributed by atoms with Crippen LogP contribution in [0.5, 0.6) is 5.75 Å². The van der Waals surface area contributed by atoms with Crippen molar-refractivity contribution in [1.29, 1.82) is 0 Å². The van der Waals surface area contributed by atoms with Crippen LogP contribution in [-0.4, -0.2) is 42.9 Å². The molecule has 5 rings (SSSR count). The van der Waals surface area contributed by atoms with Crippen LogP contribution in [0.2, 0.25) is 0 Å². The number of piperidine rings is 1. The van der Waals surface area contributed by atoms with Crippen molar-refractivity contribution in [2.75, 3.05) is 25.0 Å². The first-order chi connectivity index (χ1) is 17.4. The van der Waals surface area contributed by atoms with Crippen LogP contribution in [0, 0.1) is 5.92 Å². The number of para-hydroxylation sites is 1. The first-order valence-corrected chi connectivity index (χ1v) is 13.9. The molecule has 7 nitrogen and oxygen atoms in total. The van der Waals surface area contributed by atoms with E-state index in [0.29, 0.717) is 38.3 Å². The van der Waals surface area contributed by atoms with Crippen molar-refractivity contribution in [3.05, 3.63) is 66.7 Å². The van der Waals surface area contributed by atoms with Crippen molar-refractivity contribution in [1.82, 2.24) is 8.87 Å². The van der Waals surface area contributed by atoms with Gasteiger partial charge in [-0.2, -0.15) is 4.31 Å². The van der Waals surface area contributed by atoms with E-state index >= 15 is 0 Å². The van der Waals surface area contributed by atoms with Crippen LogP contribution >= 0.6 is 0 Å². The normalized spacial score (nSPS) is 15.4. The van der Waals surface area contributed by atoms with Gasteiger partial charge in [0.05, 0.1) is 11.5 Å². The van der Waals surface area contributed by atoms with E-state index in [1.807, 2.05) is 31.2 Å². The number of aryl methyl sites for hydroxylation is 1. The van der Waals surface area contributed by atoms with E-state index in [2.05, 4.69) is 35.0 Å². The predicted octanol–water partition coefficient (Wildman–Crippen LogP) is 5.25. The van der Waals surface area contributed by atoms with Crippen molar-refractivity contribution in [3.63, 3.8) is 0 Å². The summed E-state index contributed by atoms with van der Waals surface area (Å²) in [5.41, 5.74) is 3.08. The van der Waals surface area contributed by atoms with E-state index in [9.17, 15) is 13.2 Å². The van der Waals surface area contributed by atoms with Gasteiger partial charge in [-0.05, 0) is 75.2 Å². The highest BCUT2D eigenvalue weighted by atomic mass is 32.2. The number of aromatic nitrogens is 1. The van der Waals surface area contributed by atoms with Gasteiger partial charge < -0.3 is 14.6 Å². The highest BCUT2D eigenvalue weighted by Crippen LogP contribution is 2.32. The van der Waals surface area contributed by atoms with Gasteiger partial charge >= 0.3 is 0 Å². The Bertz CT molecular complexity index is 1500. The Kier molecular flexibility index (Phi) is 6.73. The van der Waals surface area contributed by atoms with Crippen molar-refractivity contribution in [3.8, 4) is 5.75 Å². The number of benzene rings is 3. The molecule has 188 valence electrons. The molecule has 3 aromatic carbocycles. The Labute approximate surface area is 211 Å². The standard InChI is InChI=1S/C28H31N3O4S/c1-3-31-26-8-6-5-7-24(26)25-19-21(9-14-27(25)31)29-28(32)20-15-17-30(18-16-20)36(33,34)23-12-10-22(11-13-23)35-4-2/h5-14,19-20H,3-4,15-18H2,1-2H3,(H,29,32). The summed E-state index contributed by atoms with van der Waals surface area (Å²) in [5, 5.41) is 5.35. The molecule has 4 aromatic rings. The highest BCUT2D eigenvalue weighted by molar-refractivity contribution is 7.89. The van der Waals surface area contributed by atoms with Gasteiger partial charge in [-0.25, -0.2) is 8.42 Å². The number of hydrogen-bond donors (Lipinski definition) is 1. The first-order valence-electron chi connectivity index (χ1n) is 12.5. The fourth-order valence-corrected chi connectivity index (χ4v) is 6.57. The summed E-state index contributed by atoms with van der Waals surface area (Å²) in [5.74, 6) is 0.348. The van der Waals surface area contributed by atoms with Crippen LogP contribution in [0.25, 0.3) is 21.8 Å². The maximum Gasteiger partial charge on any atom is 0.243 e. The lowest BCUT2D eigenvalue weighted by Crippen LogP contribution is -2.41. The molecule has 36 heavy (non-hydrogen) atoms. The second-order valence-electron chi connectivity index (χ2n) is 9.07. The maximum absolute atomic E-state index is 13.1. The number of carbonyl (C=O) groups is 1. The summed E-state index contributed by atoms with van der Waals surface area (Å²) in [7, 11) is -3.60. The largest absolute Gasteiger partial charge is 0.494 e. The smallest absolute Gasteiger partial charge is 0.243 e. The van der Waals surface area contributed by atoms with E-state index < -0.39 is 10.0 Å². The van der Waals surface area contributed by atoms with E-state index in [1.165, 1.54) is 15.2 Å². The van der Waals surface area contributed by atoms with Gasteiger partial charge in [0.2, 0.25) is 15.9 Å². The van der Waals surface area contributed by atoms with E-state index in [1.54, 1.807) is 24.3 Å². The SMILES string of the molecule is CCOc1ccc(S(=O)(=O)N2CCC(C(=O)Nc3ccc4c(c3)c3ccccc3n4CC)CC2)cc1. The molecule has 1 aliphatic heterocycles. The van der Waals surface area contributed by atoms with Gasteiger partial charge in [0.15, 0.2) is 0 Å². The van der Waals surface area contributed by atoms with Crippen LogP contribution in [-0.2, 0) is 21.4 Å². The molecule has 0 bridgehead atoms. The number of rotatable bonds is 7. The third kappa shape index (κ3) is 4.47. The summed E-state index contributed by atoms with van der Waals surface area (Å²) >= 11 is 0. The molecular weight excluding hydrogens is 474 g/mol. The van der Waals surface area contributed by atoms with Crippen LogP contribution in [0.15, 0.2) is 71.6 Å². The van der Waals surface area contributed by atoms with Crippen LogP contribution in [0.4, 0.5) is 5.69 Å². The molecule has 0 saturated carbocycles. The Morgan fingerprint density at radius 3 is 2.33 bits per heavy atom. The van der Waals surface area contributed by atoms with Crippen molar-refractivity contribution in [2.24, 2.45) is 5.92 Å². The number of fused-ring (bicyclic) bond motifs is 3. The molecule has 1 aromatic heterocycles. The van der Waals surface area contributed by atoms with Crippen molar-refractivity contribution >= 4 is 43.4 Å². The minimum absolute atomic E-state index is 0.0632. The molecule has 0 atom stereocenters. The number of ether oxygens (including phenoxy) is 1. The molecule has 1 aliphatic rings. The molecule has 2 heterocycles. The molecule has 0 unspecified atom stereocenters. The first kappa shape index (κ1) is 24.3. The average Bonchev–Trinajstić information content (AvgIpc) is 3.22. The fourth-order valence-electron chi connectivity index (χ4n) is 5.10. The summed E-state index contributed by atoms with van der Waals surface area (Å²) in [6.45, 7) is 6.04. The Balaban J connectivity index is 1.26. The lowest BCUT2D eigenvalue weighted by Gasteiger charge is -2.30. The number of nitrogens with zero attached hydrogens (tertiary/aromatic N) is 2. The number of nitrogens with one attached hydrogen (secondary N) is 1. The van der Waals surface area contributed by atoms with Crippen LogP contribution in [0.3, 0.4) is 0 Å². The number of carbonyl (C=O) groups excluding carboxylic acids is 1. The molecule has 0 spiro atoms. The Hall–Kier alpha value is -3.36. The zero-order valence-corrected chi connectivity index (χ0v) is 21.4. The molecule has 1 N–H and O–H groups in total. The van der Waals surface area contributed by atoms with Gasteiger partial charge in [-0.3, -0.25) is 4.79 Å². The second-order valence-corrected chi connectivity index (χ2v) is 11.0. The summed E-state index contributed by atoms with van der Waals surface area (Å²) in [6.07, 6.45) is 0.971. The topological polar surface area (TPSA) is 80.6 Å². The predicted molar refractivity (Wildman–Crippen MR) is 143 cm³/mol. The van der Waals surface area contributed by atoms with Gasteiger partial charge in [0.25, 0.3) is 0 Å². The van der Waals surface area contributed by atoms with Gasteiger partial charge in [0, 0.05) is 53.0 Å². The van der Waals surface area contributed by atoms with Crippen LogP contribution < -0.4 is 10.1 Å². The molecule has 0 aliphatic carbocycles. The number of anilines is 1. The van der Waals surface area contributed by atoms with Crippen LogP contribution in [0.1, 0.15) is 26.7 Å². The summed E-state index contributed by atoms with van der Waals surface area (Å²) in [6, 6.07) is 20.8. The van der Waals surface area contributed by atoms with E-state index in [-0.39, 0.29) is 16.7 Å². The Morgan fingerprint density at radius 1 is 0.944 bits per heavy atom. The zero-order chi connectivity index (χ0) is 25.3. The molecule has 1 saturated heterocycles. The minimum Gasteiger partial charge on any atom is -0.494 e. The second kappa shape index (κ2) is 9.95. The Morgan fingerprint density at radius 2 is 1.64 bits per heavy atom. The molecule has 1 fully saturated rings. The van der Waals surface area contributed by atoms with E-state index in [4.69, 9.17) is 4.74 Å². The molecule has 0 radical (unpaired) electrons. The fraction of sp³-hybridized carbons (Fsp3) is 0.321. The van der Waals surface area contributed by atoms with Crippen molar-refractivity contribution < 1.29 is 17.9 Å². The minimum atomic E-state index is -3.60. The number of amides is 1. The lowest BCUT2D eigenvalue weighted by molar-refractivity contribution is -0.120. The summed E-state index contributed by atoms with van der Waals surface area (Å²) < 4.78 is 35.3. The molecule has 8 heteroatoms. The van der Waals surface area contributed by atoms with Gasteiger partial charge in [-0.1, -0.05) is 18.2 Å². The third-order valence-electron chi connectivity index (χ3n) is 6.95. The highest BCUT2D eigenvalue weighted by Gasteiger charge is 2.32. The van der Waals surface area contributed by atoms with Crippen molar-refractivity contribution in [2.45, 2.75) is 38.1 Å². The molecule has 1 amide bonds. The van der Waals surface area contributed by atoms with E-state index in [0.717, 1.165) is 23.1 Å². The zero-order valence-electron chi connectivity index (χ0n) is 20.6.